The third kappa shape index (κ3) is 5.35. The van der Waals surface area contributed by atoms with Crippen LogP contribution in [0.2, 0.25) is 0 Å². The fourth-order valence-corrected chi connectivity index (χ4v) is 3.59. The van der Waals surface area contributed by atoms with Crippen LogP contribution in [0.3, 0.4) is 0 Å². The number of amides is 1. The Kier molecular flexibility index (Phi) is 7.51. The molecule has 0 aromatic heterocycles. The smallest absolute Gasteiger partial charge is 0.246 e. The number of para-hydroxylation sites is 1. The Balaban J connectivity index is 1.90. The van der Waals surface area contributed by atoms with Gasteiger partial charge in [0.25, 0.3) is 0 Å². The summed E-state index contributed by atoms with van der Waals surface area (Å²) in [7, 11) is 6.75. The molecule has 0 heterocycles. The van der Waals surface area contributed by atoms with E-state index in [0.717, 1.165) is 11.1 Å². The number of rotatable bonds is 9. The van der Waals surface area contributed by atoms with Crippen molar-refractivity contribution in [2.45, 2.75) is 12.6 Å². The van der Waals surface area contributed by atoms with Crippen molar-refractivity contribution in [1.82, 2.24) is 4.90 Å². The molecule has 0 spiro atoms. The van der Waals surface area contributed by atoms with E-state index < -0.39 is 6.04 Å². The number of methoxy groups -OCH3 is 3. The molecule has 0 saturated heterocycles. The zero-order valence-electron chi connectivity index (χ0n) is 18.3. The number of carbonyl (C=O) groups excluding carboxylic acids is 1. The topological polar surface area (TPSA) is 60.0 Å². The molecule has 1 atom stereocenters. The summed E-state index contributed by atoms with van der Waals surface area (Å²) in [6, 6.07) is 22.3. The van der Waals surface area contributed by atoms with Crippen LogP contribution in [0, 0.1) is 0 Å². The van der Waals surface area contributed by atoms with Gasteiger partial charge >= 0.3 is 0 Å². The van der Waals surface area contributed by atoms with Gasteiger partial charge in [0, 0.05) is 23.9 Å². The second-order valence-corrected chi connectivity index (χ2v) is 7.10. The Morgan fingerprint density at radius 2 is 1.65 bits per heavy atom. The van der Waals surface area contributed by atoms with Crippen LogP contribution in [0.1, 0.15) is 17.2 Å². The largest absolute Gasteiger partial charge is 0.497 e. The Morgan fingerprint density at radius 1 is 0.903 bits per heavy atom. The second-order valence-electron chi connectivity index (χ2n) is 7.10. The van der Waals surface area contributed by atoms with Gasteiger partial charge in [0.15, 0.2) is 11.5 Å². The van der Waals surface area contributed by atoms with Crippen molar-refractivity contribution in [2.24, 2.45) is 0 Å². The molecule has 0 unspecified atom stereocenters. The molecule has 0 radical (unpaired) electrons. The molecule has 0 aliphatic heterocycles. The average molecular weight is 421 g/mol. The summed E-state index contributed by atoms with van der Waals surface area (Å²) in [5, 5.41) is 3.02. The van der Waals surface area contributed by atoms with Gasteiger partial charge in [-0.15, -0.1) is 0 Å². The summed E-state index contributed by atoms with van der Waals surface area (Å²) in [5.41, 5.74) is 2.50. The number of nitrogens with one attached hydrogen (secondary N) is 1. The Bertz CT molecular complexity index is 1010. The predicted octanol–water partition coefficient (Wildman–Crippen LogP) is 4.52. The van der Waals surface area contributed by atoms with Gasteiger partial charge in [-0.1, -0.05) is 48.5 Å². The zero-order chi connectivity index (χ0) is 22.2. The lowest BCUT2D eigenvalue weighted by Crippen LogP contribution is -2.34. The molecular weight excluding hydrogens is 392 g/mol. The molecule has 3 rings (SSSR count). The molecule has 0 fully saturated rings. The molecule has 162 valence electrons. The van der Waals surface area contributed by atoms with Crippen LogP contribution in [0.4, 0.5) is 5.69 Å². The normalized spacial score (nSPS) is 11.6. The number of anilines is 1. The van der Waals surface area contributed by atoms with Crippen LogP contribution in [-0.4, -0.2) is 39.2 Å². The summed E-state index contributed by atoms with van der Waals surface area (Å²) in [4.78, 5) is 15.4. The third-order valence-electron chi connectivity index (χ3n) is 5.05. The highest BCUT2D eigenvalue weighted by Gasteiger charge is 2.26. The monoisotopic (exact) mass is 420 g/mol. The maximum atomic E-state index is 13.4. The summed E-state index contributed by atoms with van der Waals surface area (Å²) in [6.07, 6.45) is 0. The number of benzene rings is 3. The summed E-state index contributed by atoms with van der Waals surface area (Å²) >= 11 is 0. The Labute approximate surface area is 183 Å². The molecule has 31 heavy (non-hydrogen) atoms. The van der Waals surface area contributed by atoms with Gasteiger partial charge in [0.1, 0.15) is 11.8 Å². The van der Waals surface area contributed by atoms with Gasteiger partial charge in [-0.05, 0) is 30.8 Å². The van der Waals surface area contributed by atoms with E-state index in [9.17, 15) is 4.79 Å². The first kappa shape index (κ1) is 22.2. The highest BCUT2D eigenvalue weighted by molar-refractivity contribution is 5.95. The van der Waals surface area contributed by atoms with Crippen molar-refractivity contribution in [1.29, 1.82) is 0 Å². The van der Waals surface area contributed by atoms with E-state index in [-0.39, 0.29) is 5.91 Å². The van der Waals surface area contributed by atoms with Crippen molar-refractivity contribution >= 4 is 11.6 Å². The fraction of sp³-hybridized carbons (Fsp3) is 0.240. The lowest BCUT2D eigenvalue weighted by molar-refractivity contribution is -0.121. The molecule has 1 N–H and O–H groups in total. The van der Waals surface area contributed by atoms with Crippen LogP contribution < -0.4 is 19.5 Å². The first-order valence-electron chi connectivity index (χ1n) is 9.97. The van der Waals surface area contributed by atoms with E-state index >= 15 is 0 Å². The number of ether oxygens (including phenoxy) is 3. The first-order chi connectivity index (χ1) is 15.1. The lowest BCUT2D eigenvalue weighted by Gasteiger charge is -2.28. The minimum atomic E-state index is -0.511. The Morgan fingerprint density at radius 3 is 2.32 bits per heavy atom. The molecule has 0 bridgehead atoms. The summed E-state index contributed by atoms with van der Waals surface area (Å²) in [5.74, 6) is 1.87. The second kappa shape index (κ2) is 10.5. The van der Waals surface area contributed by atoms with Crippen molar-refractivity contribution in [3.05, 3.63) is 83.9 Å². The maximum Gasteiger partial charge on any atom is 0.246 e. The molecule has 3 aromatic rings. The van der Waals surface area contributed by atoms with Crippen molar-refractivity contribution < 1.29 is 19.0 Å². The van der Waals surface area contributed by atoms with Crippen LogP contribution >= 0.6 is 0 Å². The van der Waals surface area contributed by atoms with Gasteiger partial charge in [0.2, 0.25) is 5.91 Å². The van der Waals surface area contributed by atoms with Gasteiger partial charge in [-0.3, -0.25) is 9.69 Å². The van der Waals surface area contributed by atoms with Crippen molar-refractivity contribution in [3.63, 3.8) is 0 Å². The van der Waals surface area contributed by atoms with E-state index in [1.54, 1.807) is 27.4 Å². The molecule has 0 aliphatic rings. The molecule has 3 aromatic carbocycles. The van der Waals surface area contributed by atoms with E-state index in [2.05, 4.69) is 5.32 Å². The van der Waals surface area contributed by atoms with Crippen LogP contribution in [0.25, 0.3) is 0 Å². The number of hydrogen-bond donors (Lipinski definition) is 1. The fourth-order valence-electron chi connectivity index (χ4n) is 3.59. The quantitative estimate of drug-likeness (QED) is 0.551. The van der Waals surface area contributed by atoms with Gasteiger partial charge < -0.3 is 19.5 Å². The molecule has 0 saturated carbocycles. The maximum absolute atomic E-state index is 13.4. The number of hydrogen-bond acceptors (Lipinski definition) is 5. The van der Waals surface area contributed by atoms with Crippen LogP contribution in [-0.2, 0) is 11.3 Å². The summed E-state index contributed by atoms with van der Waals surface area (Å²) < 4.78 is 16.3. The molecule has 1 amide bonds. The van der Waals surface area contributed by atoms with Crippen molar-refractivity contribution in [3.8, 4) is 17.2 Å². The molecule has 6 heteroatoms. The molecular formula is C25H28N2O4. The van der Waals surface area contributed by atoms with Crippen LogP contribution in [0.15, 0.2) is 72.8 Å². The number of carbonyl (C=O) groups is 1. The van der Waals surface area contributed by atoms with E-state index in [1.165, 1.54) is 0 Å². The van der Waals surface area contributed by atoms with E-state index in [0.29, 0.717) is 29.5 Å². The minimum absolute atomic E-state index is 0.135. The standard InChI is InChI=1S/C25H28N2O4/c1-27(17-19-12-8-15-22(30-3)24(19)31-4)23(18-10-6-5-7-11-18)25(28)26-20-13-9-14-21(16-20)29-2/h5-16,23H,17H2,1-4H3,(H,26,28)/t23-/m0/s1. The molecule has 0 aliphatic carbocycles. The lowest BCUT2D eigenvalue weighted by atomic mass is 10.0. The van der Waals surface area contributed by atoms with Gasteiger partial charge in [0.05, 0.1) is 21.3 Å². The average Bonchev–Trinajstić information content (AvgIpc) is 2.79. The predicted molar refractivity (Wildman–Crippen MR) is 122 cm³/mol. The third-order valence-corrected chi connectivity index (χ3v) is 5.05. The SMILES string of the molecule is COc1cccc(NC(=O)[C@H](c2ccccc2)N(C)Cc2cccc(OC)c2OC)c1. The highest BCUT2D eigenvalue weighted by Crippen LogP contribution is 2.33. The highest BCUT2D eigenvalue weighted by atomic mass is 16.5. The number of nitrogens with zero attached hydrogens (tertiary/aromatic N) is 1. The minimum Gasteiger partial charge on any atom is -0.497 e. The zero-order valence-corrected chi connectivity index (χ0v) is 18.3. The van der Waals surface area contributed by atoms with E-state index in [4.69, 9.17) is 14.2 Å². The van der Waals surface area contributed by atoms with Crippen LogP contribution in [0.5, 0.6) is 17.2 Å². The number of likely N-dealkylation sites (N-methyl/N-ethyl adjacent to an activating group) is 1. The summed E-state index contributed by atoms with van der Waals surface area (Å²) in [6.45, 7) is 0.492. The Hall–Kier alpha value is -3.51. The van der Waals surface area contributed by atoms with E-state index in [1.807, 2.05) is 78.7 Å². The van der Waals surface area contributed by atoms with Crippen molar-refractivity contribution in [2.75, 3.05) is 33.7 Å². The van der Waals surface area contributed by atoms with Gasteiger partial charge in [-0.25, -0.2) is 0 Å². The molecule has 6 nitrogen and oxygen atoms in total. The first-order valence-corrected chi connectivity index (χ1v) is 9.97. The van der Waals surface area contributed by atoms with Gasteiger partial charge in [-0.2, -0.15) is 0 Å².